The highest BCUT2D eigenvalue weighted by molar-refractivity contribution is 7.26. The van der Waals surface area contributed by atoms with Gasteiger partial charge in [0, 0.05) is 42.9 Å². The Morgan fingerprint density at radius 1 is 0.545 bits per heavy atom. The quantitative estimate of drug-likeness (QED) is 0.220. The van der Waals surface area contributed by atoms with Crippen molar-refractivity contribution in [3.63, 3.8) is 0 Å². The molecule has 0 radical (unpaired) electrons. The number of nitrogens with zero attached hydrogens (tertiary/aromatic N) is 2. The van der Waals surface area contributed by atoms with E-state index in [9.17, 15) is 0 Å². The van der Waals surface area contributed by atoms with Gasteiger partial charge in [-0.2, -0.15) is 0 Å². The average molecular weight is 582 g/mol. The third kappa shape index (κ3) is 3.99. The number of hydrogen-bond acceptors (Lipinski definition) is 3. The van der Waals surface area contributed by atoms with Crippen LogP contribution in [0.4, 0.5) is 0 Å². The van der Waals surface area contributed by atoms with Gasteiger partial charge in [0.15, 0.2) is 0 Å². The smallest absolute Gasteiger partial charge is 0.200 e. The van der Waals surface area contributed by atoms with Crippen molar-refractivity contribution < 1.29 is 0 Å². The van der Waals surface area contributed by atoms with Crippen molar-refractivity contribution in [1.82, 2.24) is 9.88 Å². The minimum Gasteiger partial charge on any atom is -0.346 e. The number of allylic oxidation sites excluding steroid dienone is 1. The van der Waals surface area contributed by atoms with Crippen LogP contribution in [0.5, 0.6) is 0 Å². The number of benzene rings is 6. The van der Waals surface area contributed by atoms with E-state index >= 15 is 0 Å². The maximum atomic E-state index is 4.93. The molecule has 1 unspecified atom stereocenters. The number of rotatable bonds is 4. The van der Waals surface area contributed by atoms with Crippen LogP contribution in [-0.2, 0) is 0 Å². The molecule has 1 aliphatic rings. The molecular weight excluding hydrogens is 555 g/mol. The maximum Gasteiger partial charge on any atom is 0.200 e. The lowest BCUT2D eigenvalue weighted by atomic mass is 9.99. The molecule has 2 aromatic heterocycles. The fourth-order valence-corrected chi connectivity index (χ4v) is 7.86. The predicted molar refractivity (Wildman–Crippen MR) is 188 cm³/mol. The van der Waals surface area contributed by atoms with E-state index in [1.165, 1.54) is 53.2 Å². The number of aromatic nitrogens is 1. The Labute approximate surface area is 259 Å². The molecule has 1 aliphatic heterocycles. The summed E-state index contributed by atoms with van der Waals surface area (Å²) in [6.45, 7) is 0. The standard InChI is InChI=1S/C40H27N3S/c1-3-10-26(11-4-1)28-18-20-36-33(24-28)34-25-29(30-15-9-16-32-31-14-7-8-17-38(31)44-39(30)32)19-21-37(34)43(36)40-41-23-22-35(42-40)27-12-5-2-6-13-27/h1-25,40,42H. The molecule has 3 nitrogen and oxygen atoms in total. The molecule has 6 aromatic carbocycles. The van der Waals surface area contributed by atoms with E-state index in [1.54, 1.807) is 0 Å². The molecule has 0 saturated carbocycles. The number of hydrogen-bond donors (Lipinski definition) is 1. The van der Waals surface area contributed by atoms with Crippen LogP contribution < -0.4 is 5.32 Å². The summed E-state index contributed by atoms with van der Waals surface area (Å²) in [6.07, 6.45) is 3.71. The zero-order valence-electron chi connectivity index (χ0n) is 23.8. The maximum absolute atomic E-state index is 4.93. The van der Waals surface area contributed by atoms with Gasteiger partial charge < -0.3 is 9.88 Å². The van der Waals surface area contributed by atoms with Crippen molar-refractivity contribution in [3.8, 4) is 22.3 Å². The van der Waals surface area contributed by atoms with Gasteiger partial charge in [-0.25, -0.2) is 4.99 Å². The number of fused-ring (bicyclic) bond motifs is 6. The fourth-order valence-electron chi connectivity index (χ4n) is 6.62. The molecule has 0 saturated heterocycles. The molecule has 3 heterocycles. The van der Waals surface area contributed by atoms with Crippen molar-refractivity contribution in [2.75, 3.05) is 0 Å². The first kappa shape index (κ1) is 25.1. The lowest BCUT2D eigenvalue weighted by molar-refractivity contribution is 0.510. The average Bonchev–Trinajstić information content (AvgIpc) is 3.64. The van der Waals surface area contributed by atoms with E-state index in [1.807, 2.05) is 23.6 Å². The monoisotopic (exact) mass is 581 g/mol. The van der Waals surface area contributed by atoms with Crippen molar-refractivity contribution in [3.05, 3.63) is 151 Å². The van der Waals surface area contributed by atoms with E-state index in [0.29, 0.717) is 0 Å². The number of thiophene rings is 1. The van der Waals surface area contributed by atoms with Crippen LogP contribution in [0.15, 0.2) is 151 Å². The van der Waals surface area contributed by atoms with Gasteiger partial charge >= 0.3 is 0 Å². The molecule has 0 bridgehead atoms. The normalized spacial score (nSPS) is 14.8. The van der Waals surface area contributed by atoms with Gasteiger partial charge in [-0.05, 0) is 64.2 Å². The van der Waals surface area contributed by atoms with Gasteiger partial charge in [-0.15, -0.1) is 11.3 Å². The Bertz CT molecular complexity index is 2410. The van der Waals surface area contributed by atoms with Crippen molar-refractivity contribution >= 4 is 65.2 Å². The van der Waals surface area contributed by atoms with Crippen molar-refractivity contribution in [2.24, 2.45) is 4.99 Å². The molecule has 9 rings (SSSR count). The summed E-state index contributed by atoms with van der Waals surface area (Å²) >= 11 is 1.88. The summed E-state index contributed by atoms with van der Waals surface area (Å²) in [5.74, 6) is 0. The van der Waals surface area contributed by atoms with Gasteiger partial charge in [0.1, 0.15) is 0 Å². The van der Waals surface area contributed by atoms with Gasteiger partial charge in [0.05, 0.1) is 11.0 Å². The predicted octanol–water partition coefficient (Wildman–Crippen LogP) is 10.7. The number of aliphatic imine (C=N–C) groups is 1. The SMILES string of the molecule is C1=NC(n2c3ccc(-c4ccccc4)cc3c3cc(-c4cccc5c4sc4ccccc45)ccc32)NC(c2ccccc2)=C1. The summed E-state index contributed by atoms with van der Waals surface area (Å²) in [5, 5.41) is 8.80. The minimum atomic E-state index is -0.269. The molecule has 1 N–H and O–H groups in total. The molecule has 0 amide bonds. The summed E-state index contributed by atoms with van der Waals surface area (Å²) in [4.78, 5) is 4.93. The third-order valence-corrected chi connectivity index (χ3v) is 9.93. The molecule has 0 fully saturated rings. The highest BCUT2D eigenvalue weighted by atomic mass is 32.1. The summed E-state index contributed by atoms with van der Waals surface area (Å²) in [7, 11) is 0. The van der Waals surface area contributed by atoms with Gasteiger partial charge in [0.25, 0.3) is 0 Å². The van der Waals surface area contributed by atoms with Gasteiger partial charge in [0.2, 0.25) is 6.29 Å². The zero-order chi connectivity index (χ0) is 29.0. The highest BCUT2D eigenvalue weighted by Crippen LogP contribution is 2.42. The first-order valence-corrected chi connectivity index (χ1v) is 15.7. The molecule has 4 heteroatoms. The lowest BCUT2D eigenvalue weighted by Gasteiger charge is -2.24. The molecule has 1 atom stereocenters. The second-order valence-corrected chi connectivity index (χ2v) is 12.3. The topological polar surface area (TPSA) is 29.3 Å². The Morgan fingerprint density at radius 2 is 1.20 bits per heavy atom. The van der Waals surface area contributed by atoms with Gasteiger partial charge in [-0.1, -0.05) is 109 Å². The first-order valence-electron chi connectivity index (χ1n) is 14.9. The van der Waals surface area contributed by atoms with Crippen LogP contribution in [0, 0.1) is 0 Å². The zero-order valence-corrected chi connectivity index (χ0v) is 24.6. The Kier molecular flexibility index (Phi) is 5.75. The van der Waals surface area contributed by atoms with Crippen molar-refractivity contribution in [2.45, 2.75) is 6.29 Å². The fraction of sp³-hybridized carbons (Fsp3) is 0.0250. The number of nitrogens with one attached hydrogen (secondary N) is 1. The minimum absolute atomic E-state index is 0.269. The first-order chi connectivity index (χ1) is 21.8. The molecule has 0 spiro atoms. The Balaban J connectivity index is 1.26. The lowest BCUT2D eigenvalue weighted by Crippen LogP contribution is -2.26. The molecule has 0 aliphatic carbocycles. The Hall–Kier alpha value is -5.45. The molecule has 44 heavy (non-hydrogen) atoms. The van der Waals surface area contributed by atoms with E-state index in [0.717, 1.165) is 22.3 Å². The van der Waals surface area contributed by atoms with Crippen LogP contribution in [0.3, 0.4) is 0 Å². The summed E-state index contributed by atoms with van der Waals surface area (Å²) in [5.41, 5.74) is 9.44. The van der Waals surface area contributed by atoms with E-state index < -0.39 is 0 Å². The van der Waals surface area contributed by atoms with Crippen LogP contribution in [0.25, 0.3) is 69.9 Å². The van der Waals surface area contributed by atoms with E-state index in [-0.39, 0.29) is 6.29 Å². The Morgan fingerprint density at radius 3 is 2.00 bits per heavy atom. The van der Waals surface area contributed by atoms with Crippen molar-refractivity contribution in [1.29, 1.82) is 0 Å². The second kappa shape index (κ2) is 10.1. The van der Waals surface area contributed by atoms with Gasteiger partial charge in [-0.3, -0.25) is 0 Å². The molecule has 208 valence electrons. The van der Waals surface area contributed by atoms with E-state index in [2.05, 4.69) is 149 Å². The van der Waals surface area contributed by atoms with E-state index in [4.69, 9.17) is 4.99 Å². The molecule has 8 aromatic rings. The highest BCUT2D eigenvalue weighted by Gasteiger charge is 2.21. The summed E-state index contributed by atoms with van der Waals surface area (Å²) < 4.78 is 5.00. The van der Waals surface area contributed by atoms with Crippen LogP contribution in [0.2, 0.25) is 0 Å². The molecular formula is C40H27N3S. The van der Waals surface area contributed by atoms with Crippen LogP contribution in [0.1, 0.15) is 11.9 Å². The third-order valence-electron chi connectivity index (χ3n) is 8.71. The largest absolute Gasteiger partial charge is 0.346 e. The van der Waals surface area contributed by atoms with Crippen LogP contribution in [-0.4, -0.2) is 10.8 Å². The van der Waals surface area contributed by atoms with Crippen LogP contribution >= 0.6 is 11.3 Å². The second-order valence-electron chi connectivity index (χ2n) is 11.2. The summed E-state index contributed by atoms with van der Waals surface area (Å²) in [6, 6.07) is 50.3.